The molecule has 0 aliphatic heterocycles. The second-order valence-electron chi connectivity index (χ2n) is 9.44. The summed E-state index contributed by atoms with van der Waals surface area (Å²) in [4.78, 5) is 9.38. The quantitative estimate of drug-likeness (QED) is 0.261. The minimum Gasteiger partial charge on any atom is -0.457 e. The molecule has 6 aromatic rings. The second kappa shape index (κ2) is 8.65. The van der Waals surface area contributed by atoms with E-state index in [0.29, 0.717) is 0 Å². The van der Waals surface area contributed by atoms with E-state index in [0.717, 1.165) is 39.6 Å². The number of aryl methyl sites for hydroxylation is 4. The zero-order valence-electron chi connectivity index (χ0n) is 20.9. The van der Waals surface area contributed by atoms with Crippen molar-refractivity contribution in [1.82, 2.24) is 14.5 Å². The molecule has 4 heteroatoms. The van der Waals surface area contributed by atoms with Crippen LogP contribution in [0.5, 0.6) is 11.5 Å². The number of hydrogen-bond donors (Lipinski definition) is 0. The van der Waals surface area contributed by atoms with Gasteiger partial charge in [-0.05, 0) is 92.4 Å². The lowest BCUT2D eigenvalue weighted by Crippen LogP contribution is -1.99. The lowest BCUT2D eigenvalue weighted by molar-refractivity contribution is 0.483. The Labute approximate surface area is 210 Å². The molecule has 176 valence electrons. The maximum absolute atomic E-state index is 6.37. The van der Waals surface area contributed by atoms with E-state index in [1.807, 2.05) is 36.7 Å². The fourth-order valence-corrected chi connectivity index (χ4v) is 4.63. The Bertz CT molecular complexity index is 1760. The Morgan fingerprint density at radius 3 is 2.11 bits per heavy atom. The van der Waals surface area contributed by atoms with Crippen LogP contribution in [-0.4, -0.2) is 14.5 Å². The summed E-state index contributed by atoms with van der Waals surface area (Å²) in [5.41, 5.74) is 8.99. The summed E-state index contributed by atoms with van der Waals surface area (Å²) >= 11 is 0. The lowest BCUT2D eigenvalue weighted by Gasteiger charge is -2.11. The largest absolute Gasteiger partial charge is 0.457 e. The van der Waals surface area contributed by atoms with E-state index in [2.05, 4.69) is 91.8 Å². The summed E-state index contributed by atoms with van der Waals surface area (Å²) in [7, 11) is 0. The third-order valence-electron chi connectivity index (χ3n) is 6.97. The molecule has 3 heterocycles. The molecule has 4 nitrogen and oxygen atoms in total. The maximum atomic E-state index is 6.37. The van der Waals surface area contributed by atoms with Crippen molar-refractivity contribution in [3.63, 3.8) is 0 Å². The molecule has 0 fully saturated rings. The Hall–Kier alpha value is -4.44. The molecule has 3 aromatic carbocycles. The third kappa shape index (κ3) is 3.81. The van der Waals surface area contributed by atoms with Crippen LogP contribution in [0.1, 0.15) is 22.3 Å². The number of hydrogen-bond acceptors (Lipinski definition) is 3. The van der Waals surface area contributed by atoms with Crippen molar-refractivity contribution < 1.29 is 4.74 Å². The molecule has 0 bridgehead atoms. The van der Waals surface area contributed by atoms with E-state index in [1.165, 1.54) is 33.0 Å². The Morgan fingerprint density at radius 1 is 0.583 bits per heavy atom. The first-order valence-corrected chi connectivity index (χ1v) is 12.2. The number of pyridine rings is 2. The van der Waals surface area contributed by atoms with Crippen LogP contribution >= 0.6 is 0 Å². The van der Waals surface area contributed by atoms with Crippen LogP contribution in [0.25, 0.3) is 38.9 Å². The summed E-state index contributed by atoms with van der Waals surface area (Å²) < 4.78 is 8.59. The van der Waals surface area contributed by atoms with Crippen LogP contribution in [0.15, 0.2) is 91.3 Å². The van der Waals surface area contributed by atoms with Crippen LogP contribution in [0.4, 0.5) is 0 Å². The first-order chi connectivity index (χ1) is 17.5. The van der Waals surface area contributed by atoms with E-state index < -0.39 is 0 Å². The van der Waals surface area contributed by atoms with E-state index in [1.54, 1.807) is 0 Å². The molecule has 0 amide bonds. The number of fused-ring (bicyclic) bond motifs is 3. The van der Waals surface area contributed by atoms with Gasteiger partial charge in [0.15, 0.2) is 0 Å². The molecule has 3 aromatic heterocycles. The van der Waals surface area contributed by atoms with Gasteiger partial charge in [0.2, 0.25) is 0 Å². The number of rotatable bonds is 4. The molecule has 0 saturated heterocycles. The minimum atomic E-state index is 0.777. The molecule has 0 aliphatic rings. The van der Waals surface area contributed by atoms with Gasteiger partial charge in [0, 0.05) is 34.8 Å². The molecule has 6 rings (SSSR count). The standard InChI is InChI=1S/C32H27N3O/c1-20-14-29(33-18-22(20)3)24-8-7-9-25(16-24)36-26-12-13-28-27-10-5-6-11-30(27)35(31(28)17-26)32-15-21(2)23(4)19-34-32/h5-19H,1-4H3. The molecule has 0 unspecified atom stereocenters. The van der Waals surface area contributed by atoms with Gasteiger partial charge in [-0.15, -0.1) is 0 Å². The van der Waals surface area contributed by atoms with E-state index in [9.17, 15) is 0 Å². The van der Waals surface area contributed by atoms with Gasteiger partial charge in [-0.25, -0.2) is 4.98 Å². The highest BCUT2D eigenvalue weighted by molar-refractivity contribution is 6.09. The second-order valence-corrected chi connectivity index (χ2v) is 9.44. The van der Waals surface area contributed by atoms with Gasteiger partial charge >= 0.3 is 0 Å². The maximum Gasteiger partial charge on any atom is 0.137 e. The van der Waals surface area contributed by atoms with E-state index in [4.69, 9.17) is 9.72 Å². The predicted molar refractivity (Wildman–Crippen MR) is 147 cm³/mol. The van der Waals surface area contributed by atoms with Crippen LogP contribution < -0.4 is 4.74 Å². The predicted octanol–water partition coefficient (Wildman–Crippen LogP) is 8.27. The fourth-order valence-electron chi connectivity index (χ4n) is 4.63. The van der Waals surface area contributed by atoms with Crippen LogP contribution in [0.3, 0.4) is 0 Å². The smallest absolute Gasteiger partial charge is 0.137 e. The molecule has 0 aliphatic carbocycles. The Balaban J connectivity index is 1.44. The summed E-state index contributed by atoms with van der Waals surface area (Å²) in [5.74, 6) is 2.46. The van der Waals surface area contributed by atoms with Crippen molar-refractivity contribution in [3.8, 4) is 28.6 Å². The monoisotopic (exact) mass is 469 g/mol. The number of benzene rings is 3. The van der Waals surface area contributed by atoms with E-state index >= 15 is 0 Å². The van der Waals surface area contributed by atoms with Gasteiger partial charge in [-0.3, -0.25) is 9.55 Å². The van der Waals surface area contributed by atoms with Crippen molar-refractivity contribution in [2.75, 3.05) is 0 Å². The van der Waals surface area contributed by atoms with Crippen molar-refractivity contribution in [1.29, 1.82) is 0 Å². The highest BCUT2D eigenvalue weighted by Crippen LogP contribution is 2.35. The highest BCUT2D eigenvalue weighted by Gasteiger charge is 2.15. The highest BCUT2D eigenvalue weighted by atomic mass is 16.5. The summed E-state index contributed by atoms with van der Waals surface area (Å²) in [6, 6.07) is 27.1. The number of nitrogens with zero attached hydrogens (tertiary/aromatic N) is 3. The van der Waals surface area contributed by atoms with Gasteiger partial charge in [-0.1, -0.05) is 30.3 Å². The Kier molecular flexibility index (Phi) is 5.30. The normalized spacial score (nSPS) is 11.3. The number of aromatic nitrogens is 3. The van der Waals surface area contributed by atoms with Crippen molar-refractivity contribution in [2.45, 2.75) is 27.7 Å². The summed E-state index contributed by atoms with van der Waals surface area (Å²) in [6.45, 7) is 8.40. The van der Waals surface area contributed by atoms with Gasteiger partial charge in [-0.2, -0.15) is 0 Å². The average Bonchev–Trinajstić information content (AvgIpc) is 3.21. The van der Waals surface area contributed by atoms with Gasteiger partial charge in [0.1, 0.15) is 17.3 Å². The van der Waals surface area contributed by atoms with Crippen molar-refractivity contribution in [2.24, 2.45) is 0 Å². The van der Waals surface area contributed by atoms with E-state index in [-0.39, 0.29) is 0 Å². The molecule has 0 N–H and O–H groups in total. The number of ether oxygens (including phenoxy) is 1. The van der Waals surface area contributed by atoms with Crippen LogP contribution in [-0.2, 0) is 0 Å². The molecular formula is C32H27N3O. The van der Waals surface area contributed by atoms with Crippen molar-refractivity contribution >= 4 is 21.8 Å². The van der Waals surface area contributed by atoms with Crippen LogP contribution in [0.2, 0.25) is 0 Å². The zero-order valence-corrected chi connectivity index (χ0v) is 20.9. The molecule has 0 atom stereocenters. The molecule has 0 saturated carbocycles. The lowest BCUT2D eigenvalue weighted by atomic mass is 10.1. The van der Waals surface area contributed by atoms with Gasteiger partial charge in [0.05, 0.1) is 16.7 Å². The molecule has 0 radical (unpaired) electrons. The topological polar surface area (TPSA) is 39.9 Å². The number of para-hydroxylation sites is 1. The zero-order chi connectivity index (χ0) is 24.8. The molecule has 0 spiro atoms. The SMILES string of the molecule is Cc1cnc(-c2cccc(Oc3ccc4c5ccccc5n(-c5cc(C)c(C)cn5)c4c3)c2)cc1C. The average molecular weight is 470 g/mol. The minimum absolute atomic E-state index is 0.777. The van der Waals surface area contributed by atoms with Gasteiger partial charge < -0.3 is 4.74 Å². The molecule has 36 heavy (non-hydrogen) atoms. The summed E-state index contributed by atoms with van der Waals surface area (Å²) in [6.07, 6.45) is 3.86. The molecular weight excluding hydrogens is 442 g/mol. The first kappa shape index (κ1) is 22.1. The first-order valence-electron chi connectivity index (χ1n) is 12.2. The third-order valence-corrected chi connectivity index (χ3v) is 6.97. The van der Waals surface area contributed by atoms with Crippen LogP contribution in [0, 0.1) is 27.7 Å². The fraction of sp³-hybridized carbons (Fsp3) is 0.125. The van der Waals surface area contributed by atoms with Crippen molar-refractivity contribution in [3.05, 3.63) is 114 Å². The van der Waals surface area contributed by atoms with Gasteiger partial charge in [0.25, 0.3) is 0 Å². The Morgan fingerprint density at radius 2 is 1.31 bits per heavy atom. The summed E-state index contributed by atoms with van der Waals surface area (Å²) in [5, 5.41) is 2.37.